The molecule has 0 spiro atoms. The molecule has 2 aliphatic heterocycles. The van der Waals surface area contributed by atoms with Crippen molar-refractivity contribution in [3.05, 3.63) is 52.0 Å². The van der Waals surface area contributed by atoms with Gasteiger partial charge in [-0.3, -0.25) is 9.69 Å². The first kappa shape index (κ1) is 17.7. The maximum Gasteiger partial charge on any atom is 0.314 e. The van der Waals surface area contributed by atoms with Crippen LogP contribution in [0.5, 0.6) is 0 Å². The minimum absolute atomic E-state index is 0.0120. The third kappa shape index (κ3) is 2.97. The van der Waals surface area contributed by atoms with Gasteiger partial charge >= 0.3 is 5.97 Å². The van der Waals surface area contributed by atoms with Crippen molar-refractivity contribution in [2.75, 3.05) is 6.61 Å². The van der Waals surface area contributed by atoms with Crippen molar-refractivity contribution in [2.45, 2.75) is 58.2 Å². The second-order valence-corrected chi connectivity index (χ2v) is 8.46. The van der Waals surface area contributed by atoms with Gasteiger partial charge in [-0.05, 0) is 45.1 Å². The van der Waals surface area contributed by atoms with Gasteiger partial charge in [0.2, 0.25) is 0 Å². The van der Waals surface area contributed by atoms with Crippen molar-refractivity contribution in [1.82, 2.24) is 9.88 Å². The quantitative estimate of drug-likeness (QED) is 0.722. The Morgan fingerprint density at radius 1 is 1.35 bits per heavy atom. The lowest BCUT2D eigenvalue weighted by molar-refractivity contribution is -0.157. The predicted molar refractivity (Wildman–Crippen MR) is 103 cm³/mol. The fourth-order valence-electron chi connectivity index (χ4n) is 4.91. The van der Waals surface area contributed by atoms with E-state index < -0.39 is 5.41 Å². The average Bonchev–Trinajstić information content (AvgIpc) is 3.31. The summed E-state index contributed by atoms with van der Waals surface area (Å²) in [7, 11) is 0. The predicted octanol–water partition coefficient (Wildman–Crippen LogP) is 3.98. The molecule has 1 aromatic heterocycles. The maximum absolute atomic E-state index is 13.1. The summed E-state index contributed by atoms with van der Waals surface area (Å²) in [6, 6.07) is 11.1. The van der Waals surface area contributed by atoms with Gasteiger partial charge in [-0.25, -0.2) is 4.98 Å². The average molecular weight is 371 g/mol. The molecule has 0 aliphatic carbocycles. The zero-order chi connectivity index (χ0) is 18.1. The number of carbonyl (C=O) groups is 1. The number of thiazole rings is 1. The van der Waals surface area contributed by atoms with Crippen LogP contribution in [0.4, 0.5) is 0 Å². The highest BCUT2D eigenvalue weighted by Crippen LogP contribution is 2.53. The van der Waals surface area contributed by atoms with Crippen molar-refractivity contribution in [3.8, 4) is 0 Å². The van der Waals surface area contributed by atoms with Crippen LogP contribution in [0.15, 0.2) is 35.8 Å². The standard InChI is InChI=1S/C21H26N2O2S/c1-3-25-20(24)21(11-16-7-5-4-6-8-16)12-17-9-10-19(21)23(17)13-18-15(2)22-14-26-18/h4-8,14,17,19H,3,9-13H2,1-2H3/t17-,19+,21+/m0/s1. The van der Waals surface area contributed by atoms with Gasteiger partial charge in [0.25, 0.3) is 0 Å². The number of benzene rings is 1. The Labute approximate surface area is 159 Å². The molecule has 2 bridgehead atoms. The molecule has 0 unspecified atom stereocenters. The second kappa shape index (κ2) is 7.12. The molecule has 0 N–H and O–H groups in total. The topological polar surface area (TPSA) is 42.4 Å². The van der Waals surface area contributed by atoms with Gasteiger partial charge in [-0.2, -0.15) is 0 Å². The van der Waals surface area contributed by atoms with Gasteiger partial charge in [0, 0.05) is 23.5 Å². The molecular formula is C21H26N2O2S. The molecule has 2 aliphatic rings. The zero-order valence-corrected chi connectivity index (χ0v) is 16.3. The van der Waals surface area contributed by atoms with E-state index in [4.69, 9.17) is 4.74 Å². The smallest absolute Gasteiger partial charge is 0.314 e. The molecular weight excluding hydrogens is 344 g/mol. The molecule has 3 atom stereocenters. The Balaban J connectivity index is 1.64. The van der Waals surface area contributed by atoms with Crippen LogP contribution in [0.3, 0.4) is 0 Å². The number of ether oxygens (including phenoxy) is 1. The van der Waals surface area contributed by atoms with Gasteiger partial charge in [0.15, 0.2) is 0 Å². The Hall–Kier alpha value is -1.72. The number of hydrogen-bond donors (Lipinski definition) is 0. The molecule has 3 heterocycles. The van der Waals surface area contributed by atoms with E-state index in [1.165, 1.54) is 16.9 Å². The number of aromatic nitrogens is 1. The third-order valence-electron chi connectivity index (χ3n) is 6.10. The normalized spacial score (nSPS) is 27.8. The number of carbonyl (C=O) groups excluding carboxylic acids is 1. The van der Waals surface area contributed by atoms with Crippen LogP contribution in [0.1, 0.15) is 42.3 Å². The highest BCUT2D eigenvalue weighted by molar-refractivity contribution is 7.09. The lowest BCUT2D eigenvalue weighted by atomic mass is 9.70. The summed E-state index contributed by atoms with van der Waals surface area (Å²) in [4.78, 5) is 21.4. The molecule has 138 valence electrons. The first-order chi connectivity index (χ1) is 12.6. The molecule has 4 nitrogen and oxygen atoms in total. The van der Waals surface area contributed by atoms with Crippen LogP contribution in [0, 0.1) is 12.3 Å². The fourth-order valence-corrected chi connectivity index (χ4v) is 5.69. The van der Waals surface area contributed by atoms with Crippen LogP contribution in [0.2, 0.25) is 0 Å². The summed E-state index contributed by atoms with van der Waals surface area (Å²) in [5.41, 5.74) is 3.84. The van der Waals surface area contributed by atoms with Crippen molar-refractivity contribution < 1.29 is 9.53 Å². The fraction of sp³-hybridized carbons (Fsp3) is 0.524. The molecule has 0 saturated carbocycles. The Morgan fingerprint density at radius 3 is 2.85 bits per heavy atom. The van der Waals surface area contributed by atoms with Gasteiger partial charge in [0.05, 0.1) is 23.2 Å². The number of rotatable bonds is 6. The number of fused-ring (bicyclic) bond motifs is 2. The lowest BCUT2D eigenvalue weighted by Crippen LogP contribution is -2.46. The minimum atomic E-state index is -0.418. The molecule has 4 rings (SSSR count). The van der Waals surface area contributed by atoms with Crippen LogP contribution in [-0.4, -0.2) is 34.5 Å². The summed E-state index contributed by atoms with van der Waals surface area (Å²) in [6.45, 7) is 5.33. The van der Waals surface area contributed by atoms with Crippen LogP contribution in [0.25, 0.3) is 0 Å². The molecule has 2 fully saturated rings. The van der Waals surface area contributed by atoms with E-state index in [0.29, 0.717) is 12.6 Å². The summed E-state index contributed by atoms with van der Waals surface area (Å²) in [5.74, 6) is -0.0120. The van der Waals surface area contributed by atoms with E-state index in [9.17, 15) is 4.79 Å². The molecule has 0 radical (unpaired) electrons. The van der Waals surface area contributed by atoms with Crippen LogP contribution < -0.4 is 0 Å². The van der Waals surface area contributed by atoms with Crippen molar-refractivity contribution in [1.29, 1.82) is 0 Å². The van der Waals surface area contributed by atoms with Gasteiger partial charge in [-0.1, -0.05) is 30.3 Å². The van der Waals surface area contributed by atoms with Gasteiger partial charge in [-0.15, -0.1) is 11.3 Å². The van der Waals surface area contributed by atoms with Crippen LogP contribution >= 0.6 is 11.3 Å². The van der Waals surface area contributed by atoms with E-state index in [-0.39, 0.29) is 12.0 Å². The molecule has 5 heteroatoms. The number of esters is 1. The Bertz CT molecular complexity index is 775. The van der Waals surface area contributed by atoms with Gasteiger partial charge < -0.3 is 4.74 Å². The highest BCUT2D eigenvalue weighted by atomic mass is 32.1. The van der Waals surface area contributed by atoms with Crippen molar-refractivity contribution in [3.63, 3.8) is 0 Å². The minimum Gasteiger partial charge on any atom is -0.466 e. The Morgan fingerprint density at radius 2 is 2.15 bits per heavy atom. The lowest BCUT2D eigenvalue weighted by Gasteiger charge is -2.35. The zero-order valence-electron chi connectivity index (χ0n) is 15.5. The molecule has 1 aromatic carbocycles. The first-order valence-electron chi connectivity index (χ1n) is 9.50. The summed E-state index contributed by atoms with van der Waals surface area (Å²) < 4.78 is 5.59. The SMILES string of the molecule is CCOC(=O)[C@]1(Cc2ccccc2)C[C@@H]2CC[C@H]1N2Cc1scnc1C. The monoisotopic (exact) mass is 370 g/mol. The van der Waals surface area contributed by atoms with E-state index in [2.05, 4.69) is 41.1 Å². The highest BCUT2D eigenvalue weighted by Gasteiger charge is 2.60. The van der Waals surface area contributed by atoms with Crippen LogP contribution in [-0.2, 0) is 22.5 Å². The Kier molecular flexibility index (Phi) is 4.84. The molecule has 0 amide bonds. The second-order valence-electron chi connectivity index (χ2n) is 7.52. The van der Waals surface area contributed by atoms with Crippen molar-refractivity contribution in [2.24, 2.45) is 5.41 Å². The van der Waals surface area contributed by atoms with E-state index in [1.54, 1.807) is 11.3 Å². The first-order valence-corrected chi connectivity index (χ1v) is 10.4. The summed E-state index contributed by atoms with van der Waals surface area (Å²) in [5, 5.41) is 0. The number of aryl methyl sites for hydroxylation is 1. The van der Waals surface area contributed by atoms with E-state index >= 15 is 0 Å². The van der Waals surface area contributed by atoms with Gasteiger partial charge in [0.1, 0.15) is 0 Å². The van der Waals surface area contributed by atoms with Crippen molar-refractivity contribution >= 4 is 17.3 Å². The third-order valence-corrected chi connectivity index (χ3v) is 7.02. The number of hydrogen-bond acceptors (Lipinski definition) is 5. The van der Waals surface area contributed by atoms with E-state index in [1.807, 2.05) is 18.5 Å². The molecule has 2 saturated heterocycles. The largest absolute Gasteiger partial charge is 0.466 e. The summed E-state index contributed by atoms with van der Waals surface area (Å²) in [6.07, 6.45) is 3.93. The number of nitrogens with zero attached hydrogens (tertiary/aromatic N) is 2. The van der Waals surface area contributed by atoms with E-state index in [0.717, 1.165) is 31.5 Å². The summed E-state index contributed by atoms with van der Waals surface area (Å²) >= 11 is 1.72. The molecule has 26 heavy (non-hydrogen) atoms. The maximum atomic E-state index is 13.1. The molecule has 2 aromatic rings.